The Bertz CT molecular complexity index is 240. The molecule has 3 heteroatoms. The second kappa shape index (κ2) is 7.00. The molecule has 1 N–H and O–H groups in total. The Morgan fingerprint density at radius 1 is 1.35 bits per heavy atom. The van der Waals surface area contributed by atoms with Gasteiger partial charge in [-0.15, -0.1) is 0 Å². The number of esters is 1. The van der Waals surface area contributed by atoms with Crippen LogP contribution in [-0.2, 0) is 9.53 Å². The number of hydrogen-bond acceptors (Lipinski definition) is 3. The Balaban J connectivity index is 2.44. The molecule has 0 radical (unpaired) electrons. The third-order valence-electron chi connectivity index (χ3n) is 3.75. The van der Waals surface area contributed by atoms with E-state index in [4.69, 9.17) is 4.74 Å². The minimum Gasteiger partial charge on any atom is -0.466 e. The van der Waals surface area contributed by atoms with Crippen LogP contribution in [0.25, 0.3) is 0 Å². The van der Waals surface area contributed by atoms with E-state index in [2.05, 4.69) is 6.92 Å². The van der Waals surface area contributed by atoms with Crippen molar-refractivity contribution in [2.45, 2.75) is 70.8 Å². The Kier molecular flexibility index (Phi) is 5.96. The van der Waals surface area contributed by atoms with Gasteiger partial charge in [0.15, 0.2) is 0 Å². The summed E-state index contributed by atoms with van der Waals surface area (Å²) in [4.78, 5) is 11.5. The van der Waals surface area contributed by atoms with Gasteiger partial charge in [0.1, 0.15) is 0 Å². The van der Waals surface area contributed by atoms with Crippen molar-refractivity contribution in [3.63, 3.8) is 0 Å². The molecule has 0 aromatic carbocycles. The minimum absolute atomic E-state index is 0.166. The predicted molar refractivity (Wildman–Crippen MR) is 67.7 cm³/mol. The van der Waals surface area contributed by atoms with Crippen molar-refractivity contribution in [1.29, 1.82) is 0 Å². The highest BCUT2D eigenvalue weighted by atomic mass is 16.5. The molecule has 0 aromatic rings. The second-order valence-electron chi connectivity index (χ2n) is 5.29. The molecule has 0 aromatic heterocycles. The molecular weight excluding hydrogens is 216 g/mol. The lowest BCUT2D eigenvalue weighted by Crippen LogP contribution is -2.32. The number of ether oxygens (including phenoxy) is 1. The standard InChI is InChI=1S/C14H26O3/c1-3-6-12-7-5-9-14(16,10-8-12)11-13(15)17-4-2/h12,16H,3-11H2,1-2H3. The van der Waals surface area contributed by atoms with Gasteiger partial charge >= 0.3 is 5.97 Å². The largest absolute Gasteiger partial charge is 0.466 e. The van der Waals surface area contributed by atoms with Crippen LogP contribution in [0.2, 0.25) is 0 Å². The highest BCUT2D eigenvalue weighted by molar-refractivity contribution is 5.70. The lowest BCUT2D eigenvalue weighted by Gasteiger charge is -2.25. The van der Waals surface area contributed by atoms with Crippen molar-refractivity contribution in [3.8, 4) is 0 Å². The normalized spacial score (nSPS) is 29.7. The fraction of sp³-hybridized carbons (Fsp3) is 0.929. The van der Waals surface area contributed by atoms with Gasteiger partial charge in [0, 0.05) is 0 Å². The van der Waals surface area contributed by atoms with Gasteiger partial charge in [0.25, 0.3) is 0 Å². The molecular formula is C14H26O3. The Labute approximate surface area is 105 Å². The molecule has 0 saturated heterocycles. The van der Waals surface area contributed by atoms with Gasteiger partial charge in [0.05, 0.1) is 18.6 Å². The summed E-state index contributed by atoms with van der Waals surface area (Å²) in [6.45, 7) is 4.40. The van der Waals surface area contributed by atoms with E-state index in [0.717, 1.165) is 31.6 Å². The van der Waals surface area contributed by atoms with Gasteiger partial charge in [0.2, 0.25) is 0 Å². The highest BCUT2D eigenvalue weighted by Gasteiger charge is 2.33. The molecule has 2 unspecified atom stereocenters. The summed E-state index contributed by atoms with van der Waals surface area (Å²) in [5.74, 6) is 0.472. The lowest BCUT2D eigenvalue weighted by molar-refractivity contribution is -0.149. The van der Waals surface area contributed by atoms with E-state index in [0.29, 0.717) is 6.61 Å². The summed E-state index contributed by atoms with van der Waals surface area (Å²) in [6, 6.07) is 0. The van der Waals surface area contributed by atoms with Crippen LogP contribution in [0.1, 0.15) is 65.2 Å². The van der Waals surface area contributed by atoms with E-state index in [1.807, 2.05) is 0 Å². The number of hydrogen-bond donors (Lipinski definition) is 1. The SMILES string of the molecule is CCCC1CCCC(O)(CC(=O)OCC)CC1. The fourth-order valence-electron chi connectivity index (χ4n) is 2.82. The number of rotatable bonds is 5. The second-order valence-corrected chi connectivity index (χ2v) is 5.29. The van der Waals surface area contributed by atoms with Gasteiger partial charge in [-0.25, -0.2) is 0 Å². The molecule has 0 aliphatic heterocycles. The van der Waals surface area contributed by atoms with E-state index in [1.165, 1.54) is 19.3 Å². The monoisotopic (exact) mass is 242 g/mol. The first-order chi connectivity index (χ1) is 8.09. The van der Waals surface area contributed by atoms with Crippen LogP contribution in [0, 0.1) is 5.92 Å². The van der Waals surface area contributed by atoms with Crippen LogP contribution in [0.4, 0.5) is 0 Å². The molecule has 0 bridgehead atoms. The average molecular weight is 242 g/mol. The van der Waals surface area contributed by atoms with E-state index >= 15 is 0 Å². The Hall–Kier alpha value is -0.570. The lowest BCUT2D eigenvalue weighted by atomic mass is 9.89. The first-order valence-corrected chi connectivity index (χ1v) is 6.97. The van der Waals surface area contributed by atoms with Gasteiger partial charge in [-0.3, -0.25) is 4.79 Å². The summed E-state index contributed by atoms with van der Waals surface area (Å²) in [6.07, 6.45) is 7.38. The molecule has 0 spiro atoms. The first kappa shape index (κ1) is 14.5. The van der Waals surface area contributed by atoms with E-state index in [9.17, 15) is 9.90 Å². The topological polar surface area (TPSA) is 46.5 Å². The first-order valence-electron chi connectivity index (χ1n) is 6.97. The maximum Gasteiger partial charge on any atom is 0.308 e. The molecule has 1 fully saturated rings. The third-order valence-corrected chi connectivity index (χ3v) is 3.75. The summed E-state index contributed by atoms with van der Waals surface area (Å²) >= 11 is 0. The minimum atomic E-state index is -0.811. The molecule has 2 atom stereocenters. The molecule has 0 amide bonds. The van der Waals surface area contributed by atoms with Crippen molar-refractivity contribution in [2.75, 3.05) is 6.61 Å². The summed E-state index contributed by atoms with van der Waals surface area (Å²) in [7, 11) is 0. The van der Waals surface area contributed by atoms with Crippen LogP contribution in [0.3, 0.4) is 0 Å². The van der Waals surface area contributed by atoms with E-state index in [-0.39, 0.29) is 12.4 Å². The van der Waals surface area contributed by atoms with Gasteiger partial charge in [-0.2, -0.15) is 0 Å². The Morgan fingerprint density at radius 2 is 2.12 bits per heavy atom. The van der Waals surface area contributed by atoms with Crippen LogP contribution in [-0.4, -0.2) is 23.3 Å². The van der Waals surface area contributed by atoms with E-state index in [1.54, 1.807) is 6.92 Å². The summed E-state index contributed by atoms with van der Waals surface area (Å²) in [5, 5.41) is 10.4. The van der Waals surface area contributed by atoms with Gasteiger partial charge in [-0.05, 0) is 32.1 Å². The predicted octanol–water partition coefficient (Wildman–Crippen LogP) is 3.05. The molecule has 1 rings (SSSR count). The van der Waals surface area contributed by atoms with Crippen molar-refractivity contribution in [1.82, 2.24) is 0 Å². The quantitative estimate of drug-likeness (QED) is 0.595. The molecule has 1 aliphatic carbocycles. The fourth-order valence-corrected chi connectivity index (χ4v) is 2.82. The zero-order valence-electron chi connectivity index (χ0n) is 11.2. The molecule has 17 heavy (non-hydrogen) atoms. The van der Waals surface area contributed by atoms with Crippen molar-refractivity contribution in [2.24, 2.45) is 5.92 Å². The zero-order chi connectivity index (χ0) is 12.7. The Morgan fingerprint density at radius 3 is 2.76 bits per heavy atom. The summed E-state index contributed by atoms with van der Waals surface area (Å²) in [5.41, 5.74) is -0.811. The van der Waals surface area contributed by atoms with Gasteiger partial charge in [-0.1, -0.05) is 32.6 Å². The molecule has 100 valence electrons. The molecule has 1 saturated carbocycles. The van der Waals surface area contributed by atoms with Crippen LogP contribution >= 0.6 is 0 Å². The van der Waals surface area contributed by atoms with Crippen molar-refractivity contribution < 1.29 is 14.6 Å². The summed E-state index contributed by atoms with van der Waals surface area (Å²) < 4.78 is 4.93. The maximum atomic E-state index is 11.5. The smallest absolute Gasteiger partial charge is 0.308 e. The number of aliphatic hydroxyl groups is 1. The maximum absolute atomic E-state index is 11.5. The third kappa shape index (κ3) is 5.07. The number of carbonyl (C=O) groups is 1. The molecule has 1 aliphatic rings. The van der Waals surface area contributed by atoms with Gasteiger partial charge < -0.3 is 9.84 Å². The molecule has 3 nitrogen and oxygen atoms in total. The molecule has 0 heterocycles. The average Bonchev–Trinajstić information content (AvgIpc) is 2.42. The van der Waals surface area contributed by atoms with Crippen molar-refractivity contribution >= 4 is 5.97 Å². The van der Waals surface area contributed by atoms with Crippen molar-refractivity contribution in [3.05, 3.63) is 0 Å². The van der Waals surface area contributed by atoms with E-state index < -0.39 is 5.60 Å². The van der Waals surface area contributed by atoms with Crippen LogP contribution < -0.4 is 0 Å². The highest BCUT2D eigenvalue weighted by Crippen LogP contribution is 2.34. The van der Waals surface area contributed by atoms with Crippen LogP contribution in [0.15, 0.2) is 0 Å². The zero-order valence-corrected chi connectivity index (χ0v) is 11.2. The number of carbonyl (C=O) groups excluding carboxylic acids is 1. The van der Waals surface area contributed by atoms with Crippen LogP contribution in [0.5, 0.6) is 0 Å².